The number of nitrogens with zero attached hydrogens (tertiary/aromatic N) is 1. The number of ether oxygens (including phenoxy) is 1. The molecule has 0 aromatic heterocycles. The number of hydrogen-bond donors (Lipinski definition) is 1. The lowest BCUT2D eigenvalue weighted by Crippen LogP contribution is -2.32. The van der Waals surface area contributed by atoms with Crippen LogP contribution in [0.15, 0.2) is 30.3 Å². The summed E-state index contributed by atoms with van der Waals surface area (Å²) in [7, 11) is 0. The second kappa shape index (κ2) is 8.40. The minimum Gasteiger partial charge on any atom is -0.373 e. The molecule has 0 aliphatic carbocycles. The van der Waals surface area contributed by atoms with Crippen LogP contribution in [0, 0.1) is 0 Å². The molecule has 3 heteroatoms. The minimum absolute atomic E-state index is 0.309. The van der Waals surface area contributed by atoms with Gasteiger partial charge in [0.1, 0.15) is 0 Å². The van der Waals surface area contributed by atoms with Crippen molar-refractivity contribution in [2.75, 3.05) is 26.2 Å². The first-order chi connectivity index (χ1) is 9.78. The Hall–Kier alpha value is -0.900. The third-order valence-corrected chi connectivity index (χ3v) is 3.76. The second-order valence-corrected chi connectivity index (χ2v) is 5.78. The molecule has 0 spiro atoms. The Balaban J connectivity index is 1.67. The largest absolute Gasteiger partial charge is 0.373 e. The summed E-state index contributed by atoms with van der Waals surface area (Å²) in [5.74, 6) is 0. The average Bonchev–Trinajstić information content (AvgIpc) is 2.87. The molecule has 0 amide bonds. The summed E-state index contributed by atoms with van der Waals surface area (Å²) >= 11 is 0. The predicted octanol–water partition coefficient (Wildman–Crippen LogP) is 2.67. The van der Waals surface area contributed by atoms with Gasteiger partial charge in [0, 0.05) is 26.2 Å². The molecule has 0 saturated carbocycles. The first kappa shape index (κ1) is 15.5. The molecule has 1 heterocycles. The van der Waals surface area contributed by atoms with Crippen molar-refractivity contribution in [3.8, 4) is 0 Å². The SMILES string of the molecule is CCCNCC(C)OC1CCN(Cc2ccccc2)C1. The van der Waals surface area contributed by atoms with Crippen LogP contribution in [0.4, 0.5) is 0 Å². The van der Waals surface area contributed by atoms with E-state index >= 15 is 0 Å². The van der Waals surface area contributed by atoms with E-state index in [0.29, 0.717) is 12.2 Å². The molecule has 2 unspecified atom stereocenters. The molecule has 0 radical (unpaired) electrons. The van der Waals surface area contributed by atoms with Gasteiger partial charge in [0.2, 0.25) is 0 Å². The highest BCUT2D eigenvalue weighted by Crippen LogP contribution is 2.17. The number of hydrogen-bond acceptors (Lipinski definition) is 3. The molecule has 1 aliphatic heterocycles. The molecule has 1 N–H and O–H groups in total. The molecule has 20 heavy (non-hydrogen) atoms. The van der Waals surface area contributed by atoms with Crippen molar-refractivity contribution < 1.29 is 4.74 Å². The van der Waals surface area contributed by atoms with Crippen LogP contribution in [0.3, 0.4) is 0 Å². The standard InChI is InChI=1S/C17H28N2O/c1-3-10-18-12-15(2)20-17-9-11-19(14-17)13-16-7-5-4-6-8-16/h4-8,15,17-18H,3,9-14H2,1-2H3. The van der Waals surface area contributed by atoms with Gasteiger partial charge in [0.25, 0.3) is 0 Å². The lowest BCUT2D eigenvalue weighted by molar-refractivity contribution is 0.00444. The Morgan fingerprint density at radius 2 is 2.15 bits per heavy atom. The number of likely N-dealkylation sites (tertiary alicyclic amines) is 1. The molecule has 1 fully saturated rings. The van der Waals surface area contributed by atoms with E-state index in [-0.39, 0.29) is 0 Å². The Bertz CT molecular complexity index is 369. The Labute approximate surface area is 123 Å². The van der Waals surface area contributed by atoms with Gasteiger partial charge in [0.05, 0.1) is 12.2 Å². The van der Waals surface area contributed by atoms with Gasteiger partial charge in [-0.1, -0.05) is 37.3 Å². The molecule has 1 aromatic rings. The molecule has 2 atom stereocenters. The fraction of sp³-hybridized carbons (Fsp3) is 0.647. The van der Waals surface area contributed by atoms with Gasteiger partial charge in [-0.3, -0.25) is 4.90 Å². The second-order valence-electron chi connectivity index (χ2n) is 5.78. The van der Waals surface area contributed by atoms with Crippen molar-refractivity contribution in [1.29, 1.82) is 0 Å². The van der Waals surface area contributed by atoms with Crippen molar-refractivity contribution in [3.63, 3.8) is 0 Å². The zero-order valence-corrected chi connectivity index (χ0v) is 12.8. The molecule has 0 bridgehead atoms. The van der Waals surface area contributed by atoms with Crippen LogP contribution < -0.4 is 5.32 Å². The van der Waals surface area contributed by atoms with Gasteiger partial charge in [-0.15, -0.1) is 0 Å². The number of nitrogens with one attached hydrogen (secondary N) is 1. The van der Waals surface area contributed by atoms with Crippen molar-refractivity contribution in [2.45, 2.75) is 45.4 Å². The highest BCUT2D eigenvalue weighted by molar-refractivity contribution is 5.14. The smallest absolute Gasteiger partial charge is 0.0718 e. The summed E-state index contributed by atoms with van der Waals surface area (Å²) in [6, 6.07) is 10.7. The van der Waals surface area contributed by atoms with Crippen LogP contribution in [-0.4, -0.2) is 43.3 Å². The molecule has 112 valence electrons. The third-order valence-electron chi connectivity index (χ3n) is 3.76. The van der Waals surface area contributed by atoms with Gasteiger partial charge in [-0.05, 0) is 31.9 Å². The van der Waals surface area contributed by atoms with Crippen molar-refractivity contribution in [2.24, 2.45) is 0 Å². The average molecular weight is 276 g/mol. The van der Waals surface area contributed by atoms with Crippen LogP contribution in [0.2, 0.25) is 0 Å². The highest BCUT2D eigenvalue weighted by atomic mass is 16.5. The van der Waals surface area contributed by atoms with Gasteiger partial charge in [-0.2, -0.15) is 0 Å². The third kappa shape index (κ3) is 5.23. The van der Waals surface area contributed by atoms with E-state index in [0.717, 1.165) is 39.1 Å². The fourth-order valence-corrected chi connectivity index (χ4v) is 2.75. The van der Waals surface area contributed by atoms with E-state index in [2.05, 4.69) is 54.4 Å². The Morgan fingerprint density at radius 3 is 2.90 bits per heavy atom. The molecule has 1 aliphatic rings. The lowest BCUT2D eigenvalue weighted by Gasteiger charge is -2.20. The highest BCUT2D eigenvalue weighted by Gasteiger charge is 2.24. The van der Waals surface area contributed by atoms with Gasteiger partial charge >= 0.3 is 0 Å². The van der Waals surface area contributed by atoms with Crippen LogP contribution in [0.25, 0.3) is 0 Å². The predicted molar refractivity (Wildman–Crippen MR) is 83.8 cm³/mol. The number of rotatable bonds is 8. The van der Waals surface area contributed by atoms with Gasteiger partial charge in [-0.25, -0.2) is 0 Å². The van der Waals surface area contributed by atoms with Crippen LogP contribution >= 0.6 is 0 Å². The minimum atomic E-state index is 0.309. The summed E-state index contributed by atoms with van der Waals surface area (Å²) in [4.78, 5) is 2.49. The van der Waals surface area contributed by atoms with Crippen LogP contribution in [-0.2, 0) is 11.3 Å². The van der Waals surface area contributed by atoms with E-state index < -0.39 is 0 Å². The molecular formula is C17H28N2O. The van der Waals surface area contributed by atoms with E-state index in [1.807, 2.05) is 0 Å². The topological polar surface area (TPSA) is 24.5 Å². The van der Waals surface area contributed by atoms with E-state index in [1.54, 1.807) is 0 Å². The van der Waals surface area contributed by atoms with E-state index in [9.17, 15) is 0 Å². The zero-order chi connectivity index (χ0) is 14.2. The van der Waals surface area contributed by atoms with E-state index in [4.69, 9.17) is 4.74 Å². The Morgan fingerprint density at radius 1 is 1.35 bits per heavy atom. The first-order valence-corrected chi connectivity index (χ1v) is 7.90. The maximum absolute atomic E-state index is 6.12. The lowest BCUT2D eigenvalue weighted by atomic mass is 10.2. The Kier molecular flexibility index (Phi) is 6.51. The molecule has 1 saturated heterocycles. The van der Waals surface area contributed by atoms with Crippen molar-refractivity contribution >= 4 is 0 Å². The van der Waals surface area contributed by atoms with Crippen LogP contribution in [0.1, 0.15) is 32.3 Å². The maximum Gasteiger partial charge on any atom is 0.0718 e. The van der Waals surface area contributed by atoms with Crippen molar-refractivity contribution in [3.05, 3.63) is 35.9 Å². The first-order valence-electron chi connectivity index (χ1n) is 7.90. The van der Waals surface area contributed by atoms with Gasteiger partial charge in [0.15, 0.2) is 0 Å². The summed E-state index contributed by atoms with van der Waals surface area (Å²) < 4.78 is 6.12. The normalized spacial score (nSPS) is 21.2. The molecule has 2 rings (SSSR count). The van der Waals surface area contributed by atoms with E-state index in [1.165, 1.54) is 12.0 Å². The van der Waals surface area contributed by atoms with Crippen molar-refractivity contribution in [1.82, 2.24) is 10.2 Å². The number of benzene rings is 1. The molecular weight excluding hydrogens is 248 g/mol. The monoisotopic (exact) mass is 276 g/mol. The summed E-state index contributed by atoms with van der Waals surface area (Å²) in [6.07, 6.45) is 3.05. The molecule has 1 aromatic carbocycles. The fourth-order valence-electron chi connectivity index (χ4n) is 2.75. The summed E-state index contributed by atoms with van der Waals surface area (Å²) in [5.41, 5.74) is 1.39. The van der Waals surface area contributed by atoms with Gasteiger partial charge < -0.3 is 10.1 Å². The quantitative estimate of drug-likeness (QED) is 0.739. The maximum atomic E-state index is 6.12. The summed E-state index contributed by atoms with van der Waals surface area (Å²) in [6.45, 7) is 9.66. The summed E-state index contributed by atoms with van der Waals surface area (Å²) in [5, 5.41) is 3.42. The van der Waals surface area contributed by atoms with Crippen LogP contribution in [0.5, 0.6) is 0 Å². The zero-order valence-electron chi connectivity index (χ0n) is 12.8. The molecule has 3 nitrogen and oxygen atoms in total.